The van der Waals surface area contributed by atoms with Crippen molar-refractivity contribution in [3.05, 3.63) is 22.4 Å². The summed E-state index contributed by atoms with van der Waals surface area (Å²) in [6.07, 6.45) is -3.82. The van der Waals surface area contributed by atoms with E-state index in [4.69, 9.17) is 5.11 Å². The summed E-state index contributed by atoms with van der Waals surface area (Å²) in [4.78, 5) is 3.29. The standard InChI is InChI=1S/C6H3BrF3NO/c7-5-4(12)1-3(2-11-5)6(8,9)10/h1-2,12H. The van der Waals surface area contributed by atoms with Gasteiger partial charge in [0.05, 0.1) is 5.56 Å². The predicted octanol–water partition coefficient (Wildman–Crippen LogP) is 2.57. The minimum Gasteiger partial charge on any atom is -0.505 e. The molecule has 1 rings (SSSR count). The Morgan fingerprint density at radius 3 is 2.42 bits per heavy atom. The largest absolute Gasteiger partial charge is 0.505 e. The molecule has 0 radical (unpaired) electrons. The molecule has 0 atom stereocenters. The Morgan fingerprint density at radius 1 is 1.42 bits per heavy atom. The Kier molecular flexibility index (Phi) is 2.27. The summed E-state index contributed by atoms with van der Waals surface area (Å²) in [6.45, 7) is 0. The van der Waals surface area contributed by atoms with E-state index >= 15 is 0 Å². The van der Waals surface area contributed by atoms with Crippen molar-refractivity contribution in [1.29, 1.82) is 0 Å². The van der Waals surface area contributed by atoms with Gasteiger partial charge >= 0.3 is 6.18 Å². The summed E-state index contributed by atoms with van der Waals surface area (Å²) >= 11 is 2.77. The Morgan fingerprint density at radius 2 is 2.00 bits per heavy atom. The van der Waals surface area contributed by atoms with Crippen LogP contribution in [0, 0.1) is 0 Å². The lowest BCUT2D eigenvalue weighted by molar-refractivity contribution is -0.138. The fourth-order valence-corrected chi connectivity index (χ4v) is 0.808. The number of pyridine rings is 1. The number of nitrogens with zero attached hydrogens (tertiary/aromatic N) is 1. The normalized spacial score (nSPS) is 11.7. The average molecular weight is 242 g/mol. The fourth-order valence-electron chi connectivity index (χ4n) is 0.591. The van der Waals surface area contributed by atoms with Gasteiger partial charge in [-0.15, -0.1) is 0 Å². The molecule has 0 saturated carbocycles. The summed E-state index contributed by atoms with van der Waals surface area (Å²) < 4.78 is 35.8. The van der Waals surface area contributed by atoms with Crippen LogP contribution in [0.3, 0.4) is 0 Å². The number of hydrogen-bond acceptors (Lipinski definition) is 2. The van der Waals surface area contributed by atoms with Gasteiger partial charge in [-0.05, 0) is 22.0 Å². The van der Waals surface area contributed by atoms with Gasteiger partial charge in [0.15, 0.2) is 0 Å². The molecule has 0 fully saturated rings. The molecule has 0 amide bonds. The first-order valence-electron chi connectivity index (χ1n) is 2.83. The highest BCUT2D eigenvalue weighted by atomic mass is 79.9. The number of aromatic hydroxyl groups is 1. The molecule has 0 aliphatic rings. The fraction of sp³-hybridized carbons (Fsp3) is 0.167. The molecule has 1 N–H and O–H groups in total. The van der Waals surface area contributed by atoms with Crippen LogP contribution >= 0.6 is 15.9 Å². The minimum atomic E-state index is -4.47. The smallest absolute Gasteiger partial charge is 0.418 e. The van der Waals surface area contributed by atoms with Crippen LogP contribution in [0.5, 0.6) is 5.75 Å². The molecule has 0 aliphatic heterocycles. The Balaban J connectivity index is 3.14. The van der Waals surface area contributed by atoms with E-state index in [1.807, 2.05) is 0 Å². The summed E-state index contributed by atoms with van der Waals surface area (Å²) in [6, 6.07) is 0.608. The van der Waals surface area contributed by atoms with Crippen molar-refractivity contribution in [3.63, 3.8) is 0 Å². The number of rotatable bonds is 0. The van der Waals surface area contributed by atoms with Gasteiger partial charge in [-0.2, -0.15) is 13.2 Å². The highest BCUT2D eigenvalue weighted by molar-refractivity contribution is 9.10. The van der Waals surface area contributed by atoms with Gasteiger partial charge in [0, 0.05) is 6.20 Å². The van der Waals surface area contributed by atoms with Crippen molar-refractivity contribution in [2.75, 3.05) is 0 Å². The molecule has 66 valence electrons. The lowest BCUT2D eigenvalue weighted by Gasteiger charge is -2.05. The van der Waals surface area contributed by atoms with Crippen LogP contribution < -0.4 is 0 Å². The molecule has 1 aromatic rings. The Hall–Kier alpha value is -0.780. The van der Waals surface area contributed by atoms with E-state index in [2.05, 4.69) is 20.9 Å². The first kappa shape index (κ1) is 9.31. The predicted molar refractivity (Wildman–Crippen MR) is 38.6 cm³/mol. The van der Waals surface area contributed by atoms with Gasteiger partial charge in [0.25, 0.3) is 0 Å². The summed E-state index contributed by atoms with van der Waals surface area (Å²) in [7, 11) is 0. The molecule has 0 aliphatic carbocycles. The third-order valence-electron chi connectivity index (χ3n) is 1.15. The summed E-state index contributed by atoms with van der Waals surface area (Å²) in [5, 5.41) is 8.85. The number of hydrogen-bond donors (Lipinski definition) is 1. The highest BCUT2D eigenvalue weighted by Gasteiger charge is 2.31. The molecule has 0 spiro atoms. The second-order valence-electron chi connectivity index (χ2n) is 2.03. The van der Waals surface area contributed by atoms with Crippen molar-refractivity contribution in [2.45, 2.75) is 6.18 Å². The van der Waals surface area contributed by atoms with Gasteiger partial charge in [-0.25, -0.2) is 4.98 Å². The van der Waals surface area contributed by atoms with E-state index in [9.17, 15) is 13.2 Å². The van der Waals surface area contributed by atoms with Crippen molar-refractivity contribution in [1.82, 2.24) is 4.98 Å². The SMILES string of the molecule is Oc1cc(C(F)(F)F)cnc1Br. The molecule has 1 aromatic heterocycles. The van der Waals surface area contributed by atoms with Crippen LogP contribution in [0.15, 0.2) is 16.9 Å². The van der Waals surface area contributed by atoms with E-state index in [1.165, 1.54) is 0 Å². The maximum absolute atomic E-state index is 11.9. The quantitative estimate of drug-likeness (QED) is 0.709. The van der Waals surface area contributed by atoms with Gasteiger partial charge < -0.3 is 5.11 Å². The first-order chi connectivity index (χ1) is 5.41. The lowest BCUT2D eigenvalue weighted by Crippen LogP contribution is -2.05. The second kappa shape index (κ2) is 2.93. The molecular formula is C6H3BrF3NO. The van der Waals surface area contributed by atoms with Crippen LogP contribution in [-0.4, -0.2) is 10.1 Å². The van der Waals surface area contributed by atoms with Crippen molar-refractivity contribution < 1.29 is 18.3 Å². The molecule has 0 aromatic carbocycles. The van der Waals surface area contributed by atoms with Crippen LogP contribution in [0.25, 0.3) is 0 Å². The van der Waals surface area contributed by atoms with Crippen molar-refractivity contribution in [2.24, 2.45) is 0 Å². The van der Waals surface area contributed by atoms with Crippen LogP contribution in [-0.2, 0) is 6.18 Å². The maximum Gasteiger partial charge on any atom is 0.418 e. The Labute approximate surface area is 74.2 Å². The molecule has 2 nitrogen and oxygen atoms in total. The zero-order chi connectivity index (χ0) is 9.35. The monoisotopic (exact) mass is 241 g/mol. The van der Waals surface area contributed by atoms with Crippen LogP contribution in [0.1, 0.15) is 5.56 Å². The number of aromatic nitrogens is 1. The summed E-state index contributed by atoms with van der Waals surface area (Å²) in [5.41, 5.74) is -0.969. The topological polar surface area (TPSA) is 33.1 Å². The first-order valence-corrected chi connectivity index (χ1v) is 3.62. The third-order valence-corrected chi connectivity index (χ3v) is 1.76. The molecular weight excluding hydrogens is 239 g/mol. The van der Waals surface area contributed by atoms with Gasteiger partial charge in [0.1, 0.15) is 10.4 Å². The zero-order valence-corrected chi connectivity index (χ0v) is 7.15. The molecule has 6 heteroatoms. The molecule has 0 saturated heterocycles. The molecule has 0 bridgehead atoms. The van der Waals surface area contributed by atoms with Crippen LogP contribution in [0.4, 0.5) is 13.2 Å². The summed E-state index contributed by atoms with van der Waals surface area (Å²) in [5.74, 6) is -0.523. The number of halogens is 4. The lowest BCUT2D eigenvalue weighted by atomic mass is 10.3. The Bertz CT molecular complexity index is 299. The second-order valence-corrected chi connectivity index (χ2v) is 2.78. The van der Waals surface area contributed by atoms with Crippen LogP contribution in [0.2, 0.25) is 0 Å². The van der Waals surface area contributed by atoms with Gasteiger partial charge in [-0.3, -0.25) is 0 Å². The van der Waals surface area contributed by atoms with Gasteiger partial charge in [-0.1, -0.05) is 0 Å². The van der Waals surface area contributed by atoms with E-state index < -0.39 is 17.5 Å². The van der Waals surface area contributed by atoms with E-state index in [1.54, 1.807) is 0 Å². The third kappa shape index (κ3) is 1.88. The molecule has 1 heterocycles. The van der Waals surface area contributed by atoms with Crippen molar-refractivity contribution in [3.8, 4) is 5.75 Å². The molecule has 12 heavy (non-hydrogen) atoms. The van der Waals surface area contributed by atoms with Crippen molar-refractivity contribution >= 4 is 15.9 Å². The zero-order valence-electron chi connectivity index (χ0n) is 5.56. The number of alkyl halides is 3. The van der Waals surface area contributed by atoms with Gasteiger partial charge in [0.2, 0.25) is 0 Å². The molecule has 0 unspecified atom stereocenters. The minimum absolute atomic E-state index is 0.00417. The van der Waals surface area contributed by atoms with E-state index in [-0.39, 0.29) is 4.60 Å². The average Bonchev–Trinajstić information content (AvgIpc) is 1.92. The highest BCUT2D eigenvalue weighted by Crippen LogP contribution is 2.32. The van der Waals surface area contributed by atoms with E-state index in [0.29, 0.717) is 12.3 Å². The van der Waals surface area contributed by atoms with E-state index in [0.717, 1.165) is 0 Å². The maximum atomic E-state index is 11.9.